The highest BCUT2D eigenvalue weighted by atomic mass is 32.1. The summed E-state index contributed by atoms with van der Waals surface area (Å²) in [5.41, 5.74) is 0. The zero-order chi connectivity index (χ0) is 13.3. The molecule has 1 heterocycles. The van der Waals surface area contributed by atoms with E-state index >= 15 is 0 Å². The van der Waals surface area contributed by atoms with Crippen molar-refractivity contribution in [2.24, 2.45) is 5.92 Å². The predicted molar refractivity (Wildman–Crippen MR) is 82.7 cm³/mol. The molecule has 1 aromatic rings. The van der Waals surface area contributed by atoms with Crippen molar-refractivity contribution in [2.75, 3.05) is 20.3 Å². The van der Waals surface area contributed by atoms with Crippen LogP contribution in [-0.4, -0.2) is 20.3 Å². The molecule has 0 saturated heterocycles. The summed E-state index contributed by atoms with van der Waals surface area (Å²) in [6.45, 7) is 2.04. The third-order valence-electron chi connectivity index (χ3n) is 4.11. The Balaban J connectivity index is 1.75. The third-order valence-corrected chi connectivity index (χ3v) is 5.07. The number of thiophene rings is 1. The molecule has 1 aliphatic carbocycles. The zero-order valence-corrected chi connectivity index (χ0v) is 12.9. The van der Waals surface area contributed by atoms with Gasteiger partial charge < -0.3 is 10.1 Å². The van der Waals surface area contributed by atoms with Crippen LogP contribution in [0.5, 0.6) is 0 Å². The van der Waals surface area contributed by atoms with Crippen LogP contribution >= 0.6 is 11.3 Å². The van der Waals surface area contributed by atoms with E-state index in [1.807, 2.05) is 11.3 Å². The zero-order valence-electron chi connectivity index (χ0n) is 12.1. The Morgan fingerprint density at radius 3 is 2.84 bits per heavy atom. The monoisotopic (exact) mass is 281 g/mol. The SMILES string of the molecule is COCCCCCNC(c1cccs1)C1CCCC1. The lowest BCUT2D eigenvalue weighted by Crippen LogP contribution is -2.27. The van der Waals surface area contributed by atoms with Crippen LogP contribution in [0.4, 0.5) is 0 Å². The molecule has 3 heteroatoms. The van der Waals surface area contributed by atoms with Crippen LogP contribution < -0.4 is 5.32 Å². The molecule has 0 aliphatic heterocycles. The van der Waals surface area contributed by atoms with Crippen LogP contribution in [0, 0.1) is 5.92 Å². The molecule has 1 aromatic heterocycles. The van der Waals surface area contributed by atoms with Gasteiger partial charge in [0.2, 0.25) is 0 Å². The molecule has 2 nitrogen and oxygen atoms in total. The average Bonchev–Trinajstić information content (AvgIpc) is 3.11. The molecule has 108 valence electrons. The molecule has 1 fully saturated rings. The van der Waals surface area contributed by atoms with Gasteiger partial charge in [-0.25, -0.2) is 0 Å². The van der Waals surface area contributed by atoms with Crippen molar-refractivity contribution >= 4 is 11.3 Å². The fraction of sp³-hybridized carbons (Fsp3) is 0.750. The molecule has 2 rings (SSSR count). The Bertz CT molecular complexity index is 319. The minimum Gasteiger partial charge on any atom is -0.385 e. The van der Waals surface area contributed by atoms with Gasteiger partial charge in [0.05, 0.1) is 0 Å². The normalized spacial score (nSPS) is 17.9. The van der Waals surface area contributed by atoms with Crippen LogP contribution in [0.2, 0.25) is 0 Å². The lowest BCUT2D eigenvalue weighted by Gasteiger charge is -2.24. The van der Waals surface area contributed by atoms with Crippen LogP contribution in [0.3, 0.4) is 0 Å². The van der Waals surface area contributed by atoms with Gasteiger partial charge in [0.15, 0.2) is 0 Å². The Morgan fingerprint density at radius 1 is 1.32 bits per heavy atom. The number of ether oxygens (including phenoxy) is 1. The lowest BCUT2D eigenvalue weighted by atomic mass is 9.96. The van der Waals surface area contributed by atoms with E-state index in [2.05, 4.69) is 22.8 Å². The number of hydrogen-bond donors (Lipinski definition) is 1. The molecule has 19 heavy (non-hydrogen) atoms. The quantitative estimate of drug-likeness (QED) is 0.678. The summed E-state index contributed by atoms with van der Waals surface area (Å²) in [5, 5.41) is 6.02. The van der Waals surface area contributed by atoms with Crippen molar-refractivity contribution in [3.8, 4) is 0 Å². The number of unbranched alkanes of at least 4 members (excludes halogenated alkanes) is 2. The number of hydrogen-bond acceptors (Lipinski definition) is 3. The lowest BCUT2D eigenvalue weighted by molar-refractivity contribution is 0.192. The first kappa shape index (κ1) is 15.0. The summed E-state index contributed by atoms with van der Waals surface area (Å²) in [6.07, 6.45) is 9.36. The van der Waals surface area contributed by atoms with Gasteiger partial charge in [-0.1, -0.05) is 18.9 Å². The van der Waals surface area contributed by atoms with Crippen molar-refractivity contribution in [2.45, 2.75) is 51.0 Å². The van der Waals surface area contributed by atoms with E-state index in [1.54, 1.807) is 7.11 Å². The molecule has 0 amide bonds. The first-order valence-corrected chi connectivity index (χ1v) is 8.55. The minimum absolute atomic E-state index is 0.602. The van der Waals surface area contributed by atoms with Gasteiger partial charge in [0.1, 0.15) is 0 Å². The van der Waals surface area contributed by atoms with Gasteiger partial charge in [-0.15, -0.1) is 11.3 Å². The van der Waals surface area contributed by atoms with E-state index in [9.17, 15) is 0 Å². The average molecular weight is 281 g/mol. The summed E-state index contributed by atoms with van der Waals surface area (Å²) in [6, 6.07) is 5.08. The van der Waals surface area contributed by atoms with Crippen molar-refractivity contribution in [1.82, 2.24) is 5.32 Å². The van der Waals surface area contributed by atoms with E-state index in [1.165, 1.54) is 49.8 Å². The van der Waals surface area contributed by atoms with Crippen molar-refractivity contribution in [1.29, 1.82) is 0 Å². The van der Waals surface area contributed by atoms with Gasteiger partial charge >= 0.3 is 0 Å². The van der Waals surface area contributed by atoms with E-state index in [-0.39, 0.29) is 0 Å². The topological polar surface area (TPSA) is 21.3 Å². The third kappa shape index (κ3) is 4.90. The Labute approximate surface area is 121 Å². The highest BCUT2D eigenvalue weighted by Crippen LogP contribution is 2.37. The molecule has 1 aliphatic rings. The standard InChI is InChI=1S/C16H27NOS/c1-18-12-6-2-5-11-17-16(14-8-3-4-9-14)15-10-7-13-19-15/h7,10,13-14,16-17H,2-6,8-9,11-12H2,1H3. The molecule has 1 N–H and O–H groups in total. The summed E-state index contributed by atoms with van der Waals surface area (Å²) in [7, 11) is 1.78. The van der Waals surface area contributed by atoms with Crippen LogP contribution in [0.15, 0.2) is 17.5 Å². The highest BCUT2D eigenvalue weighted by molar-refractivity contribution is 7.10. The first-order valence-electron chi connectivity index (χ1n) is 7.67. The van der Waals surface area contributed by atoms with Gasteiger partial charge in [-0.3, -0.25) is 0 Å². The predicted octanol–water partition coefficient (Wildman–Crippen LogP) is 4.39. The summed E-state index contributed by atoms with van der Waals surface area (Å²) in [5.74, 6) is 0.859. The fourth-order valence-corrected chi connectivity index (χ4v) is 3.96. The molecular formula is C16H27NOS. The molecule has 1 saturated carbocycles. The Hall–Kier alpha value is -0.380. The maximum absolute atomic E-state index is 5.09. The van der Waals surface area contributed by atoms with E-state index in [4.69, 9.17) is 4.74 Å². The molecule has 0 bridgehead atoms. The van der Waals surface area contributed by atoms with E-state index in [0.29, 0.717) is 6.04 Å². The number of nitrogens with one attached hydrogen (secondary N) is 1. The maximum Gasteiger partial charge on any atom is 0.0462 e. The van der Waals surface area contributed by atoms with E-state index in [0.717, 1.165) is 19.1 Å². The van der Waals surface area contributed by atoms with Crippen LogP contribution in [0.1, 0.15) is 55.9 Å². The molecule has 0 radical (unpaired) electrons. The fourth-order valence-electron chi connectivity index (χ4n) is 3.06. The van der Waals surface area contributed by atoms with Crippen molar-refractivity contribution in [3.63, 3.8) is 0 Å². The molecule has 0 aromatic carbocycles. The molecular weight excluding hydrogens is 254 g/mol. The summed E-state index contributed by atoms with van der Waals surface area (Å²) >= 11 is 1.91. The van der Waals surface area contributed by atoms with Gasteiger partial charge in [-0.05, 0) is 56.0 Å². The first-order chi connectivity index (χ1) is 9.42. The van der Waals surface area contributed by atoms with Crippen LogP contribution in [0.25, 0.3) is 0 Å². The molecule has 0 spiro atoms. The van der Waals surface area contributed by atoms with Crippen LogP contribution in [-0.2, 0) is 4.74 Å². The van der Waals surface area contributed by atoms with Gasteiger partial charge in [0.25, 0.3) is 0 Å². The van der Waals surface area contributed by atoms with Gasteiger partial charge in [-0.2, -0.15) is 0 Å². The second-order valence-corrected chi connectivity index (χ2v) is 6.52. The van der Waals surface area contributed by atoms with E-state index < -0.39 is 0 Å². The minimum atomic E-state index is 0.602. The smallest absolute Gasteiger partial charge is 0.0462 e. The number of rotatable bonds is 9. The van der Waals surface area contributed by atoms with Crippen molar-refractivity contribution in [3.05, 3.63) is 22.4 Å². The summed E-state index contributed by atoms with van der Waals surface area (Å²) < 4.78 is 5.09. The number of methoxy groups -OCH3 is 1. The Kier molecular flexibility index (Phi) is 6.90. The Morgan fingerprint density at radius 2 is 2.16 bits per heavy atom. The summed E-state index contributed by atoms with van der Waals surface area (Å²) in [4.78, 5) is 1.53. The largest absolute Gasteiger partial charge is 0.385 e. The van der Waals surface area contributed by atoms with Crippen molar-refractivity contribution < 1.29 is 4.74 Å². The molecule has 1 unspecified atom stereocenters. The highest BCUT2D eigenvalue weighted by Gasteiger charge is 2.26. The second-order valence-electron chi connectivity index (χ2n) is 5.55. The maximum atomic E-state index is 5.09. The van der Waals surface area contributed by atoms with Gasteiger partial charge in [0, 0.05) is 24.6 Å². The molecule has 1 atom stereocenters. The second kappa shape index (κ2) is 8.72.